The van der Waals surface area contributed by atoms with E-state index in [1.165, 1.54) is 21.0 Å². The van der Waals surface area contributed by atoms with Crippen molar-refractivity contribution in [2.45, 2.75) is 40.2 Å². The fourth-order valence-corrected chi connectivity index (χ4v) is 3.02. The first-order valence-corrected chi connectivity index (χ1v) is 8.32. The number of carbonyl (C=O) groups is 3. The molecule has 1 heterocycles. The third-order valence-corrected chi connectivity index (χ3v) is 4.24. The van der Waals surface area contributed by atoms with Gasteiger partial charge >= 0.3 is 5.97 Å². The van der Waals surface area contributed by atoms with Gasteiger partial charge in [0.25, 0.3) is 0 Å². The number of Topliss-reactive ketones (excluding diaryl/α,β-unsaturated/α-hetero) is 2. The Morgan fingerprint density at radius 1 is 1.15 bits per heavy atom. The van der Waals surface area contributed by atoms with Gasteiger partial charge in [0.2, 0.25) is 5.78 Å². The topological polar surface area (TPSA) is 85.5 Å². The quantitative estimate of drug-likeness (QED) is 0.607. The fourth-order valence-electron chi connectivity index (χ4n) is 3.02. The molecule has 0 unspecified atom stereocenters. The van der Waals surface area contributed by atoms with Crippen LogP contribution in [0.3, 0.4) is 0 Å². The lowest BCUT2D eigenvalue weighted by atomic mass is 10.0. The summed E-state index contributed by atoms with van der Waals surface area (Å²) in [4.78, 5) is 39.5. The molecule has 1 aromatic heterocycles. The number of methoxy groups -OCH3 is 1. The number of aryl methyl sites for hydroxylation is 1. The molecule has 0 amide bonds. The predicted molar refractivity (Wildman–Crippen MR) is 96.9 cm³/mol. The molecule has 2 rings (SSSR count). The van der Waals surface area contributed by atoms with E-state index in [1.807, 2.05) is 6.07 Å². The summed E-state index contributed by atoms with van der Waals surface area (Å²) in [6, 6.07) is 7.13. The smallest absolute Gasteiger partial charge is 0.311 e. The van der Waals surface area contributed by atoms with E-state index in [-0.39, 0.29) is 18.0 Å². The fraction of sp³-hybridized carbons (Fsp3) is 0.350. The molecule has 0 fully saturated rings. The molecule has 0 aliphatic rings. The molecule has 1 atom stereocenters. The van der Waals surface area contributed by atoms with E-state index >= 15 is 0 Å². The predicted octanol–water partition coefficient (Wildman–Crippen LogP) is 3.20. The first-order valence-electron chi connectivity index (χ1n) is 8.32. The lowest BCUT2D eigenvalue weighted by Crippen LogP contribution is -2.26. The zero-order valence-corrected chi connectivity index (χ0v) is 15.6. The van der Waals surface area contributed by atoms with Gasteiger partial charge in [0.15, 0.2) is 11.9 Å². The summed E-state index contributed by atoms with van der Waals surface area (Å²) in [5.74, 6) is -0.420. The van der Waals surface area contributed by atoms with Crippen molar-refractivity contribution in [3.63, 3.8) is 0 Å². The number of esters is 1. The van der Waals surface area contributed by atoms with E-state index in [4.69, 9.17) is 9.47 Å². The van der Waals surface area contributed by atoms with Crippen molar-refractivity contribution in [1.82, 2.24) is 4.98 Å². The second-order valence-electron chi connectivity index (χ2n) is 6.17. The SMILES string of the molecule is COc1ccccc1CC(=O)O[C@@H](C)C(=O)c1[nH]c(C)c(C(C)=O)c1C. The Morgan fingerprint density at radius 3 is 2.38 bits per heavy atom. The summed E-state index contributed by atoms with van der Waals surface area (Å²) < 4.78 is 10.5. The molecule has 2 aromatic rings. The Morgan fingerprint density at radius 2 is 1.81 bits per heavy atom. The van der Waals surface area contributed by atoms with Crippen LogP contribution in [0.1, 0.15) is 51.5 Å². The number of ether oxygens (including phenoxy) is 2. The lowest BCUT2D eigenvalue weighted by Gasteiger charge is -2.13. The van der Waals surface area contributed by atoms with Gasteiger partial charge in [0.1, 0.15) is 5.75 Å². The number of ketones is 2. The van der Waals surface area contributed by atoms with E-state index in [1.54, 1.807) is 32.0 Å². The van der Waals surface area contributed by atoms with E-state index in [0.29, 0.717) is 33.8 Å². The van der Waals surface area contributed by atoms with Crippen molar-refractivity contribution >= 4 is 17.5 Å². The molecule has 1 N–H and O–H groups in total. The third-order valence-electron chi connectivity index (χ3n) is 4.24. The van der Waals surface area contributed by atoms with Crippen molar-refractivity contribution in [3.8, 4) is 5.75 Å². The number of benzene rings is 1. The molecule has 0 aliphatic heterocycles. The van der Waals surface area contributed by atoms with E-state index < -0.39 is 12.1 Å². The molecular weight excluding hydrogens is 334 g/mol. The molecular formula is C20H23NO5. The Balaban J connectivity index is 2.11. The molecule has 0 saturated heterocycles. The van der Waals surface area contributed by atoms with Crippen molar-refractivity contribution in [2.75, 3.05) is 7.11 Å². The Bertz CT molecular complexity index is 850. The van der Waals surface area contributed by atoms with E-state index in [0.717, 1.165) is 0 Å². The van der Waals surface area contributed by atoms with Gasteiger partial charge in [-0.25, -0.2) is 0 Å². The van der Waals surface area contributed by atoms with Crippen molar-refractivity contribution in [2.24, 2.45) is 0 Å². The van der Waals surface area contributed by atoms with E-state index in [2.05, 4.69) is 4.98 Å². The Kier molecular flexibility index (Phi) is 5.97. The van der Waals surface area contributed by atoms with Crippen molar-refractivity contribution in [3.05, 3.63) is 52.3 Å². The highest BCUT2D eigenvalue weighted by Gasteiger charge is 2.26. The van der Waals surface area contributed by atoms with Gasteiger partial charge in [-0.2, -0.15) is 0 Å². The van der Waals surface area contributed by atoms with Crippen LogP contribution in [0, 0.1) is 13.8 Å². The summed E-state index contributed by atoms with van der Waals surface area (Å²) >= 11 is 0. The number of nitrogens with one attached hydrogen (secondary N) is 1. The number of carbonyl (C=O) groups excluding carboxylic acids is 3. The summed E-state index contributed by atoms with van der Waals surface area (Å²) in [5.41, 5.74) is 2.69. The van der Waals surface area contributed by atoms with Crippen LogP contribution in [-0.2, 0) is 16.0 Å². The van der Waals surface area contributed by atoms with Crippen LogP contribution in [0.25, 0.3) is 0 Å². The molecule has 6 nitrogen and oxygen atoms in total. The highest BCUT2D eigenvalue weighted by atomic mass is 16.5. The van der Waals surface area contributed by atoms with Crippen LogP contribution >= 0.6 is 0 Å². The zero-order valence-electron chi connectivity index (χ0n) is 15.6. The van der Waals surface area contributed by atoms with Gasteiger partial charge in [0, 0.05) is 16.8 Å². The average molecular weight is 357 g/mol. The summed E-state index contributed by atoms with van der Waals surface area (Å²) in [5, 5.41) is 0. The average Bonchev–Trinajstić information content (AvgIpc) is 2.88. The highest BCUT2D eigenvalue weighted by molar-refractivity contribution is 6.05. The summed E-state index contributed by atoms with van der Waals surface area (Å²) in [6.45, 7) is 6.41. The number of hydrogen-bond donors (Lipinski definition) is 1. The number of H-pyrrole nitrogens is 1. The molecule has 0 saturated carbocycles. The Hall–Kier alpha value is -2.89. The van der Waals surface area contributed by atoms with Crippen LogP contribution in [0.2, 0.25) is 0 Å². The minimum Gasteiger partial charge on any atom is -0.496 e. The second kappa shape index (κ2) is 7.99. The molecule has 6 heteroatoms. The van der Waals surface area contributed by atoms with Crippen molar-refractivity contribution < 1.29 is 23.9 Å². The second-order valence-corrected chi connectivity index (χ2v) is 6.17. The number of aromatic nitrogens is 1. The van der Waals surface area contributed by atoms with Gasteiger partial charge < -0.3 is 14.5 Å². The van der Waals surface area contributed by atoms with Gasteiger partial charge in [-0.05, 0) is 39.3 Å². The van der Waals surface area contributed by atoms with Crippen LogP contribution < -0.4 is 4.74 Å². The molecule has 0 bridgehead atoms. The largest absolute Gasteiger partial charge is 0.496 e. The lowest BCUT2D eigenvalue weighted by molar-refractivity contribution is -0.145. The molecule has 0 radical (unpaired) electrons. The number of rotatable bonds is 7. The Labute approximate surface area is 152 Å². The maximum Gasteiger partial charge on any atom is 0.311 e. The first-order chi connectivity index (χ1) is 12.3. The van der Waals surface area contributed by atoms with Crippen molar-refractivity contribution in [1.29, 1.82) is 0 Å². The highest BCUT2D eigenvalue weighted by Crippen LogP contribution is 2.21. The third kappa shape index (κ3) is 4.02. The van der Waals surface area contributed by atoms with Crippen LogP contribution in [0.5, 0.6) is 5.75 Å². The van der Waals surface area contributed by atoms with Crippen LogP contribution in [-0.4, -0.2) is 35.7 Å². The van der Waals surface area contributed by atoms with Gasteiger partial charge in [-0.1, -0.05) is 18.2 Å². The van der Waals surface area contributed by atoms with Crippen LogP contribution in [0.4, 0.5) is 0 Å². The molecule has 0 aliphatic carbocycles. The summed E-state index contributed by atoms with van der Waals surface area (Å²) in [6.07, 6.45) is -0.961. The first kappa shape index (κ1) is 19.4. The minimum absolute atomic E-state index is 0.00304. The van der Waals surface area contributed by atoms with Gasteiger partial charge in [-0.3, -0.25) is 14.4 Å². The summed E-state index contributed by atoms with van der Waals surface area (Å²) in [7, 11) is 1.53. The number of aromatic amines is 1. The molecule has 0 spiro atoms. The normalized spacial score (nSPS) is 11.7. The van der Waals surface area contributed by atoms with Gasteiger partial charge in [-0.15, -0.1) is 0 Å². The van der Waals surface area contributed by atoms with E-state index in [9.17, 15) is 14.4 Å². The maximum atomic E-state index is 12.6. The van der Waals surface area contributed by atoms with Gasteiger partial charge in [0.05, 0.1) is 19.2 Å². The minimum atomic E-state index is -0.964. The maximum absolute atomic E-state index is 12.6. The number of hydrogen-bond acceptors (Lipinski definition) is 5. The molecule has 26 heavy (non-hydrogen) atoms. The number of para-hydroxylation sites is 1. The standard InChI is InChI=1S/C20H23NO5/c1-11-18(13(3)22)12(2)21-19(11)20(24)14(4)26-17(23)10-15-8-6-7-9-16(15)25-5/h6-9,14,21H,10H2,1-5H3/t14-/m0/s1. The molecule has 1 aromatic carbocycles. The van der Waals surface area contributed by atoms with Crippen LogP contribution in [0.15, 0.2) is 24.3 Å². The zero-order chi connectivity index (χ0) is 19.4. The monoisotopic (exact) mass is 357 g/mol. The molecule has 138 valence electrons.